The van der Waals surface area contributed by atoms with Crippen molar-refractivity contribution in [2.75, 3.05) is 20.3 Å². The minimum atomic E-state index is -0.782. The van der Waals surface area contributed by atoms with Gasteiger partial charge in [-0.05, 0) is 101 Å². The number of methoxy groups -OCH3 is 1. The van der Waals surface area contributed by atoms with Gasteiger partial charge in [0.25, 0.3) is 0 Å². The summed E-state index contributed by atoms with van der Waals surface area (Å²) in [5, 5.41) is 0. The van der Waals surface area contributed by atoms with E-state index in [0.29, 0.717) is 12.4 Å². The molecule has 0 saturated heterocycles. The number of amides is 1. The van der Waals surface area contributed by atoms with Crippen molar-refractivity contribution in [3.63, 3.8) is 0 Å². The Balaban J connectivity index is 0. The lowest BCUT2D eigenvalue weighted by molar-refractivity contribution is 0.0792. The van der Waals surface area contributed by atoms with Crippen molar-refractivity contribution in [2.45, 2.75) is 145 Å². The van der Waals surface area contributed by atoms with Gasteiger partial charge in [0.05, 0.1) is 18.0 Å². The van der Waals surface area contributed by atoms with E-state index in [1.165, 1.54) is 72.1 Å². The van der Waals surface area contributed by atoms with Crippen molar-refractivity contribution in [3.8, 4) is 0 Å². The van der Waals surface area contributed by atoms with Gasteiger partial charge in [-0.1, -0.05) is 159 Å². The van der Waals surface area contributed by atoms with E-state index in [1.807, 2.05) is 57.2 Å². The van der Waals surface area contributed by atoms with Crippen LogP contribution in [0.3, 0.4) is 0 Å². The van der Waals surface area contributed by atoms with E-state index in [2.05, 4.69) is 116 Å². The van der Waals surface area contributed by atoms with Gasteiger partial charge in [-0.25, -0.2) is 4.79 Å². The predicted molar refractivity (Wildman–Crippen MR) is 246 cm³/mol. The summed E-state index contributed by atoms with van der Waals surface area (Å²) in [6.07, 6.45) is 9.77. The van der Waals surface area contributed by atoms with Crippen molar-refractivity contribution >= 4 is 23.6 Å². The van der Waals surface area contributed by atoms with Gasteiger partial charge in [0.1, 0.15) is 18.5 Å². The van der Waals surface area contributed by atoms with Crippen LogP contribution in [0.15, 0.2) is 112 Å². The molecule has 3 aromatic rings. The molecule has 0 aliphatic heterocycles. The molecule has 7 heteroatoms. The van der Waals surface area contributed by atoms with Crippen LogP contribution in [0.5, 0.6) is 0 Å². The zero-order valence-corrected chi connectivity index (χ0v) is 38.3. The molecule has 1 atom stereocenters. The molecule has 1 amide bonds. The molecule has 3 rings (SSSR count). The maximum absolute atomic E-state index is 10.7. The fraction of sp³-hybridized carbons (Fsp3) is 0.510. The average Bonchev–Trinajstić information content (AvgIpc) is 3.17. The molecule has 314 valence electrons. The summed E-state index contributed by atoms with van der Waals surface area (Å²) in [5.41, 5.74) is 12.2. The van der Waals surface area contributed by atoms with E-state index in [9.17, 15) is 4.79 Å². The van der Waals surface area contributed by atoms with Crippen LogP contribution < -0.4 is 5.73 Å². The van der Waals surface area contributed by atoms with Crippen molar-refractivity contribution in [2.24, 2.45) is 16.6 Å². The molecule has 0 unspecified atom stereocenters. The molecule has 0 saturated carbocycles. The zero-order chi connectivity index (χ0) is 42.7. The van der Waals surface area contributed by atoms with Crippen LogP contribution in [0, 0.1) is 19.8 Å². The lowest BCUT2D eigenvalue weighted by Crippen LogP contribution is -2.17. The van der Waals surface area contributed by atoms with Gasteiger partial charge in [-0.3, -0.25) is 4.99 Å². The second-order valence-electron chi connectivity index (χ2n) is 13.9. The molecule has 0 bridgehead atoms. The first kappa shape index (κ1) is 54.3. The number of hydrogen-bond donors (Lipinski definition) is 1. The molecule has 0 radical (unpaired) electrons. The number of nitrogens with zero attached hydrogens (tertiary/aromatic N) is 1. The number of carbonyl (C=O) groups is 1. The van der Waals surface area contributed by atoms with Gasteiger partial charge in [-0.15, -0.1) is 0 Å². The van der Waals surface area contributed by atoms with Crippen molar-refractivity contribution in [1.29, 1.82) is 0 Å². The fourth-order valence-corrected chi connectivity index (χ4v) is 6.17. The number of aliphatic imine (C=N–C) groups is 1. The monoisotopic (exact) mass is 791 g/mol. The quantitative estimate of drug-likeness (QED) is 0.0637. The summed E-state index contributed by atoms with van der Waals surface area (Å²) in [5.74, 6) is 0.969. The highest BCUT2D eigenvalue weighted by atomic mass is 32.2. The molecule has 0 heterocycles. The van der Waals surface area contributed by atoms with E-state index < -0.39 is 6.09 Å². The third-order valence-corrected chi connectivity index (χ3v) is 8.90. The van der Waals surface area contributed by atoms with Crippen LogP contribution in [-0.2, 0) is 27.1 Å². The molecule has 3 aromatic carbocycles. The molecular weight excluding hydrogens is 713 g/mol. The Bertz CT molecular complexity index is 1440. The highest BCUT2D eigenvalue weighted by molar-refractivity contribution is 8.03. The average molecular weight is 791 g/mol. The zero-order valence-electron chi connectivity index (χ0n) is 37.5. The third-order valence-electron chi connectivity index (χ3n) is 7.91. The largest absolute Gasteiger partial charge is 0.496 e. The number of unbranched alkanes of at least 4 members (excludes halogenated alkanes) is 4. The number of primary amides is 1. The molecular formula is C49H78N2O4S. The minimum absolute atomic E-state index is 0.00458. The van der Waals surface area contributed by atoms with Crippen LogP contribution in [0.4, 0.5) is 4.79 Å². The van der Waals surface area contributed by atoms with Crippen LogP contribution in [0.1, 0.15) is 130 Å². The molecule has 0 aliphatic rings. The Hall–Kier alpha value is -3.81. The number of aryl methyl sites for hydroxylation is 4. The smallest absolute Gasteiger partial charge is 0.404 e. The summed E-state index contributed by atoms with van der Waals surface area (Å²) in [7, 11) is 1.63. The van der Waals surface area contributed by atoms with Crippen LogP contribution in [0.2, 0.25) is 0 Å². The maximum atomic E-state index is 10.7. The van der Waals surface area contributed by atoms with Gasteiger partial charge >= 0.3 is 6.09 Å². The highest BCUT2D eigenvalue weighted by Crippen LogP contribution is 2.33. The van der Waals surface area contributed by atoms with Gasteiger partial charge < -0.3 is 19.9 Å². The van der Waals surface area contributed by atoms with E-state index in [4.69, 9.17) is 19.9 Å². The molecule has 2 N–H and O–H groups in total. The third kappa shape index (κ3) is 30.4. The summed E-state index contributed by atoms with van der Waals surface area (Å²) in [6, 6.07) is 27.6. The van der Waals surface area contributed by atoms with Gasteiger partial charge in [0.15, 0.2) is 0 Å². The first-order chi connectivity index (χ1) is 26.7. The summed E-state index contributed by atoms with van der Waals surface area (Å²) in [6.45, 7) is 29.3. The number of rotatable bonds is 17. The van der Waals surface area contributed by atoms with Crippen molar-refractivity contribution in [3.05, 3.63) is 124 Å². The number of hydrogen-bond acceptors (Lipinski definition) is 6. The second-order valence-corrected chi connectivity index (χ2v) is 15.2. The first-order valence-electron chi connectivity index (χ1n) is 20.5. The first-order valence-corrected chi connectivity index (χ1v) is 21.4. The maximum Gasteiger partial charge on any atom is 0.404 e. The number of carbonyl (C=O) groups excluding carboxylic acids is 1. The van der Waals surface area contributed by atoms with Crippen molar-refractivity contribution < 1.29 is 19.0 Å². The van der Waals surface area contributed by atoms with Gasteiger partial charge in [0.2, 0.25) is 0 Å². The molecule has 56 heavy (non-hydrogen) atoms. The van der Waals surface area contributed by atoms with Crippen LogP contribution >= 0.6 is 11.8 Å². The highest BCUT2D eigenvalue weighted by Gasteiger charge is 2.10. The molecule has 0 aromatic heterocycles. The van der Waals surface area contributed by atoms with Gasteiger partial charge in [0, 0.05) is 16.9 Å². The Morgan fingerprint density at radius 2 is 1.29 bits per heavy atom. The Labute approximate surface area is 347 Å². The number of allylic oxidation sites excluding steroid dienone is 2. The van der Waals surface area contributed by atoms with Gasteiger partial charge in [-0.2, -0.15) is 0 Å². The molecule has 0 aliphatic carbocycles. The standard InChI is InChI=1S/C18H26N2O2S.C15H24.C7H14O2.C6H6.C3H8/c1-11(2)17(20-14(5)10-22-18(19)21)15(6)23-16-8-12(3)7-13(4)9-16;1-3-5-6-7-8-9-15-12-10-14(4-2)11-13-15;1-5-9-7(3)6(2)8-4;1-2-4-6-5-3-1;1-3-2/h7-9,11H,10H2,1-6H3,(H2,19,21);10-13H,3-9H2,1-2H3;6H,3,5H2,1-2,4H3;1-6H;3H2,1-2H3/b17-15+,20-14?;;;;/t;;6-;;/m..0../s1. The van der Waals surface area contributed by atoms with Crippen LogP contribution in [0.25, 0.3) is 0 Å². The summed E-state index contributed by atoms with van der Waals surface area (Å²) in [4.78, 5) is 17.7. The Kier molecular flexibility index (Phi) is 34.5. The molecule has 6 nitrogen and oxygen atoms in total. The normalized spacial score (nSPS) is 11.4. The number of benzene rings is 3. The number of nitrogens with two attached hydrogens (primary N) is 1. The Morgan fingerprint density at radius 1 is 0.786 bits per heavy atom. The molecule has 0 spiro atoms. The minimum Gasteiger partial charge on any atom is -0.496 e. The van der Waals surface area contributed by atoms with Crippen molar-refractivity contribution in [1.82, 2.24) is 0 Å². The van der Waals surface area contributed by atoms with Crippen LogP contribution in [-0.4, -0.2) is 38.2 Å². The number of ether oxygens (including phenoxy) is 3. The fourth-order valence-electron chi connectivity index (χ4n) is 4.94. The number of thioether (sulfide) groups is 1. The van der Waals surface area contributed by atoms with E-state index in [0.717, 1.165) is 22.7 Å². The predicted octanol–water partition coefficient (Wildman–Crippen LogP) is 14.3. The van der Waals surface area contributed by atoms with E-state index in [1.54, 1.807) is 18.9 Å². The second kappa shape index (κ2) is 35.6. The lowest BCUT2D eigenvalue weighted by Gasteiger charge is -2.13. The summed E-state index contributed by atoms with van der Waals surface area (Å²) < 4.78 is 14.8. The van der Waals surface area contributed by atoms with E-state index >= 15 is 0 Å². The SMILES string of the molecule is C=C(OCC)[C@H](C)OC.CC(COC(N)=O)=N/C(=C(\C)Sc1cc(C)cc(C)c1)C(C)C.CCC.CCCCCCCc1ccc(CC)cc1.c1ccccc1. The Morgan fingerprint density at radius 3 is 1.71 bits per heavy atom. The van der Waals surface area contributed by atoms with E-state index in [-0.39, 0.29) is 18.6 Å². The molecule has 0 fully saturated rings. The lowest BCUT2D eigenvalue weighted by atomic mass is 10.0. The topological polar surface area (TPSA) is 83.1 Å². The summed E-state index contributed by atoms with van der Waals surface area (Å²) >= 11 is 1.71.